The lowest BCUT2D eigenvalue weighted by atomic mass is 10.00. The van der Waals surface area contributed by atoms with Crippen molar-refractivity contribution in [3.05, 3.63) is 90.0 Å². The van der Waals surface area contributed by atoms with Crippen LogP contribution in [0.2, 0.25) is 0 Å². The van der Waals surface area contributed by atoms with Gasteiger partial charge in [-0.2, -0.15) is 13.2 Å². The van der Waals surface area contributed by atoms with Gasteiger partial charge in [0.05, 0.1) is 11.3 Å². The predicted octanol–water partition coefficient (Wildman–Crippen LogP) is 5.12. The van der Waals surface area contributed by atoms with Gasteiger partial charge in [0.2, 0.25) is 0 Å². The van der Waals surface area contributed by atoms with E-state index in [2.05, 4.69) is 10.6 Å². The number of fused-ring (bicyclic) bond motifs is 1. The molecule has 0 aromatic heterocycles. The van der Waals surface area contributed by atoms with Crippen molar-refractivity contribution < 1.29 is 22.8 Å². The molecule has 3 N–H and O–H groups in total. The second-order valence-corrected chi connectivity index (χ2v) is 6.77. The zero-order valence-corrected chi connectivity index (χ0v) is 16.0. The Morgan fingerprint density at radius 2 is 1.45 bits per heavy atom. The molecule has 0 bridgehead atoms. The standard InChI is InChI=1S/C23H16F3N3O2/c24-23(25,26)22(31)28-16-10-6-9-15(13-16)27-20(14-7-2-1-3-8-14)19-17-11-4-5-12-18(17)29-21(19)30/h1-13,27H,(H,28,31)(H,29,30)/b20-19-. The molecular formula is C23H16F3N3O2. The van der Waals surface area contributed by atoms with Crippen LogP contribution < -0.4 is 16.0 Å². The minimum atomic E-state index is -4.99. The Kier molecular flexibility index (Phi) is 5.21. The van der Waals surface area contributed by atoms with Crippen molar-refractivity contribution in [1.82, 2.24) is 0 Å². The van der Waals surface area contributed by atoms with Crippen LogP contribution >= 0.6 is 0 Å². The number of anilines is 3. The van der Waals surface area contributed by atoms with Gasteiger partial charge in [0.1, 0.15) is 0 Å². The number of hydrogen-bond acceptors (Lipinski definition) is 3. The number of nitrogens with one attached hydrogen (secondary N) is 3. The molecule has 0 spiro atoms. The topological polar surface area (TPSA) is 70.2 Å². The third kappa shape index (κ3) is 4.28. The van der Waals surface area contributed by atoms with Gasteiger partial charge in [0.25, 0.3) is 5.91 Å². The number of carbonyl (C=O) groups excluding carboxylic acids is 2. The normalized spacial score (nSPS) is 14.5. The van der Waals surface area contributed by atoms with Crippen LogP contribution in [-0.2, 0) is 9.59 Å². The number of alkyl halides is 3. The fraction of sp³-hybridized carbons (Fsp3) is 0.0435. The van der Waals surface area contributed by atoms with Gasteiger partial charge in [-0.25, -0.2) is 0 Å². The zero-order valence-electron chi connectivity index (χ0n) is 16.0. The Bertz CT molecular complexity index is 1190. The summed E-state index contributed by atoms with van der Waals surface area (Å²) in [5, 5.41) is 7.80. The molecule has 8 heteroatoms. The van der Waals surface area contributed by atoms with Gasteiger partial charge >= 0.3 is 12.1 Å². The highest BCUT2D eigenvalue weighted by Gasteiger charge is 2.38. The molecule has 0 radical (unpaired) electrons. The second-order valence-electron chi connectivity index (χ2n) is 6.77. The molecule has 0 saturated heterocycles. The first-order valence-corrected chi connectivity index (χ1v) is 9.28. The lowest BCUT2D eigenvalue weighted by Crippen LogP contribution is -2.29. The van der Waals surface area contributed by atoms with E-state index in [0.717, 1.165) is 0 Å². The van der Waals surface area contributed by atoms with Crippen LogP contribution in [-0.4, -0.2) is 18.0 Å². The van der Waals surface area contributed by atoms with Crippen molar-refractivity contribution >= 4 is 40.1 Å². The number of carbonyl (C=O) groups is 2. The number of hydrogen-bond donors (Lipinski definition) is 3. The summed E-state index contributed by atoms with van der Waals surface area (Å²) >= 11 is 0. The highest BCUT2D eigenvalue weighted by Crippen LogP contribution is 2.37. The van der Waals surface area contributed by atoms with E-state index < -0.39 is 12.1 Å². The van der Waals surface area contributed by atoms with E-state index in [1.807, 2.05) is 53.8 Å². The summed E-state index contributed by atoms with van der Waals surface area (Å²) in [6.45, 7) is 0. The third-order valence-corrected chi connectivity index (χ3v) is 4.63. The molecule has 3 aromatic carbocycles. The Morgan fingerprint density at radius 3 is 2.16 bits per heavy atom. The average Bonchev–Trinajstić information content (AvgIpc) is 3.08. The Labute approximate surface area is 175 Å². The molecule has 1 aliphatic rings. The number of rotatable bonds is 4. The Hall–Kier alpha value is -4.07. The lowest BCUT2D eigenvalue weighted by Gasteiger charge is -2.16. The predicted molar refractivity (Wildman–Crippen MR) is 113 cm³/mol. The van der Waals surface area contributed by atoms with Crippen LogP contribution in [0.4, 0.5) is 30.2 Å². The van der Waals surface area contributed by atoms with Gasteiger partial charge in [0, 0.05) is 22.6 Å². The number of benzene rings is 3. The number of halogens is 3. The molecule has 0 saturated carbocycles. The van der Waals surface area contributed by atoms with Crippen molar-refractivity contribution in [3.63, 3.8) is 0 Å². The Morgan fingerprint density at radius 1 is 0.806 bits per heavy atom. The van der Waals surface area contributed by atoms with Gasteiger partial charge in [0.15, 0.2) is 0 Å². The second kappa shape index (κ2) is 7.98. The summed E-state index contributed by atoms with van der Waals surface area (Å²) < 4.78 is 37.7. The summed E-state index contributed by atoms with van der Waals surface area (Å²) in [4.78, 5) is 24.0. The van der Waals surface area contributed by atoms with E-state index in [9.17, 15) is 22.8 Å². The highest BCUT2D eigenvalue weighted by atomic mass is 19.4. The van der Waals surface area contributed by atoms with Gasteiger partial charge < -0.3 is 16.0 Å². The summed E-state index contributed by atoms with van der Waals surface area (Å²) in [6.07, 6.45) is -4.99. The summed E-state index contributed by atoms with van der Waals surface area (Å²) in [5.74, 6) is -2.36. The van der Waals surface area contributed by atoms with Crippen LogP contribution in [0.5, 0.6) is 0 Å². The molecule has 0 atom stereocenters. The molecule has 2 amide bonds. The third-order valence-electron chi connectivity index (χ3n) is 4.63. The molecule has 31 heavy (non-hydrogen) atoms. The summed E-state index contributed by atoms with van der Waals surface area (Å²) in [6, 6.07) is 22.2. The molecule has 0 unspecified atom stereocenters. The minimum absolute atomic E-state index is 0.0268. The maximum Gasteiger partial charge on any atom is 0.471 e. The molecule has 4 rings (SSSR count). The van der Waals surface area contributed by atoms with Crippen molar-refractivity contribution in [3.8, 4) is 0 Å². The van der Waals surface area contributed by atoms with E-state index in [-0.39, 0.29) is 11.6 Å². The SMILES string of the molecule is O=C1Nc2ccccc2/C1=C(/Nc1cccc(NC(=O)C(F)(F)F)c1)c1ccccc1. The lowest BCUT2D eigenvalue weighted by molar-refractivity contribution is -0.167. The molecule has 3 aromatic rings. The maximum absolute atomic E-state index is 12.8. The average molecular weight is 423 g/mol. The van der Waals surface area contributed by atoms with Crippen LogP contribution in [0.1, 0.15) is 11.1 Å². The van der Waals surface area contributed by atoms with Crippen LogP contribution in [0.3, 0.4) is 0 Å². The molecule has 156 valence electrons. The van der Waals surface area contributed by atoms with Gasteiger partial charge in [-0.1, -0.05) is 54.6 Å². The molecule has 0 fully saturated rings. The molecule has 0 aliphatic carbocycles. The highest BCUT2D eigenvalue weighted by molar-refractivity contribution is 6.37. The van der Waals surface area contributed by atoms with Crippen molar-refractivity contribution in [1.29, 1.82) is 0 Å². The smallest absolute Gasteiger partial charge is 0.354 e. The molecular weight excluding hydrogens is 407 g/mol. The van der Waals surface area contributed by atoms with Gasteiger partial charge in [-0.15, -0.1) is 0 Å². The fourth-order valence-corrected chi connectivity index (χ4v) is 3.27. The van der Waals surface area contributed by atoms with E-state index in [0.29, 0.717) is 33.8 Å². The fourth-order valence-electron chi connectivity index (χ4n) is 3.27. The quantitative estimate of drug-likeness (QED) is 0.510. The first kappa shape index (κ1) is 20.2. The van der Waals surface area contributed by atoms with Gasteiger partial charge in [-0.05, 0) is 29.8 Å². The number of amides is 2. The van der Waals surface area contributed by atoms with E-state index in [1.54, 1.807) is 12.1 Å². The van der Waals surface area contributed by atoms with E-state index in [1.165, 1.54) is 18.2 Å². The molecule has 1 aliphatic heterocycles. The van der Waals surface area contributed by atoms with E-state index in [4.69, 9.17) is 0 Å². The first-order valence-electron chi connectivity index (χ1n) is 9.28. The van der Waals surface area contributed by atoms with Gasteiger partial charge in [-0.3, -0.25) is 9.59 Å². The monoisotopic (exact) mass is 423 g/mol. The minimum Gasteiger partial charge on any atom is -0.354 e. The van der Waals surface area contributed by atoms with Crippen molar-refractivity contribution in [2.75, 3.05) is 16.0 Å². The van der Waals surface area contributed by atoms with Crippen LogP contribution in [0.15, 0.2) is 78.9 Å². The van der Waals surface area contributed by atoms with Crippen LogP contribution in [0.25, 0.3) is 11.3 Å². The molecule has 1 heterocycles. The summed E-state index contributed by atoms with van der Waals surface area (Å²) in [7, 11) is 0. The number of para-hydroxylation sites is 1. The largest absolute Gasteiger partial charge is 0.471 e. The van der Waals surface area contributed by atoms with Crippen molar-refractivity contribution in [2.45, 2.75) is 6.18 Å². The van der Waals surface area contributed by atoms with Crippen molar-refractivity contribution in [2.24, 2.45) is 0 Å². The van der Waals surface area contributed by atoms with Crippen LogP contribution in [0, 0.1) is 0 Å². The Balaban J connectivity index is 1.76. The first-order chi connectivity index (χ1) is 14.8. The summed E-state index contributed by atoms with van der Waals surface area (Å²) in [5.41, 5.74) is 3.37. The maximum atomic E-state index is 12.8. The molecule has 5 nitrogen and oxygen atoms in total. The zero-order chi connectivity index (χ0) is 22.0. The van der Waals surface area contributed by atoms with E-state index >= 15 is 0 Å².